The average molecular weight is 298 g/mol. The van der Waals surface area contributed by atoms with Crippen LogP contribution in [0.1, 0.15) is 19.8 Å². The van der Waals surface area contributed by atoms with E-state index >= 15 is 0 Å². The smallest absolute Gasteiger partial charge is 0.228 e. The van der Waals surface area contributed by atoms with Crippen LogP contribution in [0.5, 0.6) is 0 Å². The van der Waals surface area contributed by atoms with Crippen LogP contribution in [0.2, 0.25) is 0 Å². The number of nitrogens with zero attached hydrogens (tertiary/aromatic N) is 1. The SMILES string of the molecule is CNC(C)C1CCCN(S(=O)(=O)CS(C)(=O)=O)C1. The van der Waals surface area contributed by atoms with E-state index in [2.05, 4.69) is 5.32 Å². The quantitative estimate of drug-likeness (QED) is 0.749. The molecule has 0 saturated carbocycles. The van der Waals surface area contributed by atoms with Crippen LogP contribution in [-0.4, -0.2) is 58.7 Å². The third kappa shape index (κ3) is 4.49. The van der Waals surface area contributed by atoms with Gasteiger partial charge in [-0.3, -0.25) is 0 Å². The Hall–Kier alpha value is -0.180. The molecule has 0 radical (unpaired) electrons. The summed E-state index contributed by atoms with van der Waals surface area (Å²) in [6.45, 7) is 2.84. The highest BCUT2D eigenvalue weighted by Gasteiger charge is 2.32. The number of sulfonamides is 1. The minimum absolute atomic E-state index is 0.223. The molecule has 0 bridgehead atoms. The van der Waals surface area contributed by atoms with Crippen molar-refractivity contribution in [1.82, 2.24) is 9.62 Å². The van der Waals surface area contributed by atoms with Crippen molar-refractivity contribution < 1.29 is 16.8 Å². The Morgan fingerprint density at radius 3 is 2.44 bits per heavy atom. The van der Waals surface area contributed by atoms with Crippen molar-refractivity contribution in [3.8, 4) is 0 Å². The van der Waals surface area contributed by atoms with Gasteiger partial charge in [0.2, 0.25) is 10.0 Å². The van der Waals surface area contributed by atoms with Gasteiger partial charge in [-0.1, -0.05) is 0 Å². The summed E-state index contributed by atoms with van der Waals surface area (Å²) in [5.41, 5.74) is 0. The molecule has 1 aliphatic heterocycles. The molecular weight excluding hydrogens is 276 g/mol. The highest BCUT2D eigenvalue weighted by Crippen LogP contribution is 2.22. The lowest BCUT2D eigenvalue weighted by Crippen LogP contribution is -2.47. The maximum Gasteiger partial charge on any atom is 0.228 e. The third-order valence-electron chi connectivity index (χ3n) is 3.34. The minimum atomic E-state index is -3.70. The number of sulfone groups is 1. The normalized spacial score (nSPS) is 24.9. The zero-order valence-electron chi connectivity index (χ0n) is 11.1. The van der Waals surface area contributed by atoms with E-state index in [1.54, 1.807) is 0 Å². The minimum Gasteiger partial charge on any atom is -0.317 e. The largest absolute Gasteiger partial charge is 0.317 e. The molecular formula is C10H22N2O4S2. The van der Waals surface area contributed by atoms with Crippen LogP contribution in [-0.2, 0) is 19.9 Å². The molecule has 1 N–H and O–H groups in total. The first-order chi connectivity index (χ1) is 8.15. The monoisotopic (exact) mass is 298 g/mol. The van der Waals surface area contributed by atoms with E-state index in [1.807, 2.05) is 14.0 Å². The second kappa shape index (κ2) is 5.85. The molecule has 1 aliphatic rings. The predicted molar refractivity (Wildman–Crippen MR) is 71.4 cm³/mol. The molecule has 0 spiro atoms. The predicted octanol–water partition coefficient (Wildman–Crippen LogP) is -0.362. The molecule has 1 heterocycles. The molecule has 2 atom stereocenters. The number of piperidine rings is 1. The first-order valence-electron chi connectivity index (χ1n) is 5.98. The van der Waals surface area contributed by atoms with Crippen LogP contribution in [0, 0.1) is 5.92 Å². The van der Waals surface area contributed by atoms with Gasteiger partial charge < -0.3 is 5.32 Å². The molecule has 0 aromatic rings. The van der Waals surface area contributed by atoms with Crippen molar-refractivity contribution in [3.05, 3.63) is 0 Å². The molecule has 0 amide bonds. The van der Waals surface area contributed by atoms with Crippen molar-refractivity contribution in [3.63, 3.8) is 0 Å². The molecule has 2 unspecified atom stereocenters. The average Bonchev–Trinajstić information content (AvgIpc) is 2.25. The zero-order chi connectivity index (χ0) is 14.0. The van der Waals surface area contributed by atoms with Crippen LogP contribution < -0.4 is 5.32 Å². The molecule has 108 valence electrons. The molecule has 1 rings (SSSR count). The summed E-state index contributed by atoms with van der Waals surface area (Å²) in [4.78, 5) is 0. The highest BCUT2D eigenvalue weighted by molar-refractivity contribution is 8.06. The van der Waals surface area contributed by atoms with Gasteiger partial charge in [0.25, 0.3) is 0 Å². The Morgan fingerprint density at radius 2 is 1.94 bits per heavy atom. The Bertz CT molecular complexity index is 472. The van der Waals surface area contributed by atoms with Gasteiger partial charge in [0.1, 0.15) is 0 Å². The fourth-order valence-electron chi connectivity index (χ4n) is 2.22. The maximum atomic E-state index is 12.0. The Morgan fingerprint density at radius 1 is 1.33 bits per heavy atom. The third-order valence-corrected chi connectivity index (χ3v) is 7.36. The van der Waals surface area contributed by atoms with Gasteiger partial charge >= 0.3 is 0 Å². The van der Waals surface area contributed by atoms with Gasteiger partial charge in [0, 0.05) is 25.4 Å². The van der Waals surface area contributed by atoms with E-state index in [0.29, 0.717) is 13.1 Å². The Balaban J connectivity index is 2.78. The second-order valence-electron chi connectivity index (χ2n) is 4.99. The van der Waals surface area contributed by atoms with Gasteiger partial charge in [-0.05, 0) is 32.7 Å². The van der Waals surface area contributed by atoms with Gasteiger partial charge in [0.15, 0.2) is 14.9 Å². The number of hydrogen-bond donors (Lipinski definition) is 1. The molecule has 18 heavy (non-hydrogen) atoms. The van der Waals surface area contributed by atoms with Crippen molar-refractivity contribution in [2.75, 3.05) is 31.5 Å². The summed E-state index contributed by atoms with van der Waals surface area (Å²) in [5.74, 6) is 0.234. The number of nitrogens with one attached hydrogen (secondary N) is 1. The van der Waals surface area contributed by atoms with Crippen LogP contribution in [0.4, 0.5) is 0 Å². The van der Waals surface area contributed by atoms with E-state index in [-0.39, 0.29) is 12.0 Å². The topological polar surface area (TPSA) is 83.6 Å². The summed E-state index contributed by atoms with van der Waals surface area (Å²) in [6, 6.07) is 0.223. The lowest BCUT2D eigenvalue weighted by atomic mass is 9.93. The fourth-order valence-corrected chi connectivity index (χ4v) is 5.80. The molecule has 0 aliphatic carbocycles. The first-order valence-corrected chi connectivity index (χ1v) is 9.65. The number of rotatable bonds is 5. The first kappa shape index (κ1) is 15.9. The molecule has 0 aromatic heterocycles. The molecule has 8 heteroatoms. The van der Waals surface area contributed by atoms with E-state index in [0.717, 1.165) is 19.1 Å². The fraction of sp³-hybridized carbons (Fsp3) is 1.00. The Kier molecular flexibility index (Phi) is 5.16. The molecule has 1 saturated heterocycles. The summed E-state index contributed by atoms with van der Waals surface area (Å²) < 4.78 is 47.6. The highest BCUT2D eigenvalue weighted by atomic mass is 32.3. The van der Waals surface area contributed by atoms with Crippen LogP contribution in [0.25, 0.3) is 0 Å². The van der Waals surface area contributed by atoms with E-state index < -0.39 is 24.9 Å². The van der Waals surface area contributed by atoms with Crippen molar-refractivity contribution in [1.29, 1.82) is 0 Å². The van der Waals surface area contributed by atoms with Gasteiger partial charge in [-0.15, -0.1) is 0 Å². The summed E-state index contributed by atoms with van der Waals surface area (Å²) in [7, 11) is -5.38. The van der Waals surface area contributed by atoms with Gasteiger partial charge in [-0.2, -0.15) is 0 Å². The molecule has 0 aromatic carbocycles. The summed E-state index contributed by atoms with van der Waals surface area (Å²) >= 11 is 0. The summed E-state index contributed by atoms with van der Waals surface area (Å²) in [5, 5.41) is 2.32. The number of hydrogen-bond acceptors (Lipinski definition) is 5. The standard InChI is InChI=1S/C10H22N2O4S2/c1-9(11-2)10-5-4-6-12(7-10)18(15,16)8-17(3,13)14/h9-11H,4-8H2,1-3H3. The Labute approximate surface area is 110 Å². The second-order valence-corrected chi connectivity index (χ2v) is 9.47. The van der Waals surface area contributed by atoms with E-state index in [4.69, 9.17) is 0 Å². The van der Waals surface area contributed by atoms with E-state index in [9.17, 15) is 16.8 Å². The van der Waals surface area contributed by atoms with Crippen LogP contribution in [0.15, 0.2) is 0 Å². The van der Waals surface area contributed by atoms with Crippen molar-refractivity contribution in [2.24, 2.45) is 5.92 Å². The lowest BCUT2D eigenvalue weighted by molar-refractivity contribution is 0.230. The van der Waals surface area contributed by atoms with Crippen molar-refractivity contribution >= 4 is 19.9 Å². The van der Waals surface area contributed by atoms with E-state index in [1.165, 1.54) is 4.31 Å². The molecule has 6 nitrogen and oxygen atoms in total. The maximum absolute atomic E-state index is 12.0. The van der Waals surface area contributed by atoms with Crippen molar-refractivity contribution in [2.45, 2.75) is 25.8 Å². The van der Waals surface area contributed by atoms with Gasteiger partial charge in [-0.25, -0.2) is 21.1 Å². The molecule has 1 fully saturated rings. The van der Waals surface area contributed by atoms with Gasteiger partial charge in [0.05, 0.1) is 0 Å². The lowest BCUT2D eigenvalue weighted by Gasteiger charge is -2.34. The van der Waals surface area contributed by atoms with Crippen LogP contribution >= 0.6 is 0 Å². The summed E-state index contributed by atoms with van der Waals surface area (Å²) in [6.07, 6.45) is 2.69. The van der Waals surface area contributed by atoms with Crippen LogP contribution in [0.3, 0.4) is 0 Å². The zero-order valence-corrected chi connectivity index (χ0v) is 12.7.